The van der Waals surface area contributed by atoms with Gasteiger partial charge in [0.05, 0.1) is 31.6 Å². The van der Waals surface area contributed by atoms with E-state index in [2.05, 4.69) is 10.2 Å². The number of hydrogen-bond donors (Lipinski definition) is 1. The van der Waals surface area contributed by atoms with E-state index < -0.39 is 0 Å². The molecule has 2 aliphatic heterocycles. The Bertz CT molecular complexity index is 965. The third kappa shape index (κ3) is 4.12. The van der Waals surface area contributed by atoms with Gasteiger partial charge in [0.2, 0.25) is 0 Å². The van der Waals surface area contributed by atoms with Crippen molar-refractivity contribution in [1.29, 1.82) is 0 Å². The lowest BCUT2D eigenvalue weighted by molar-refractivity contribution is -0.137. The summed E-state index contributed by atoms with van der Waals surface area (Å²) in [5.74, 6) is 0.0516. The normalized spacial score (nSPS) is 17.7. The zero-order chi connectivity index (χ0) is 21.1. The summed E-state index contributed by atoms with van der Waals surface area (Å²) in [4.78, 5) is 30.9. The van der Waals surface area contributed by atoms with E-state index >= 15 is 0 Å². The summed E-state index contributed by atoms with van der Waals surface area (Å²) in [5, 5.41) is 5.11. The number of methoxy groups -OCH3 is 1. The molecule has 2 aliphatic rings. The van der Waals surface area contributed by atoms with Crippen molar-refractivity contribution in [3.63, 3.8) is 0 Å². The second-order valence-electron chi connectivity index (χ2n) is 7.27. The fourth-order valence-corrected chi connectivity index (χ4v) is 4.43. The van der Waals surface area contributed by atoms with Gasteiger partial charge in [0.15, 0.2) is 0 Å². The molecule has 1 aromatic heterocycles. The quantitative estimate of drug-likeness (QED) is 0.685. The molecule has 0 bridgehead atoms. The molecule has 2 aromatic rings. The number of carbonyl (C=O) groups excluding carboxylic acids is 2. The van der Waals surface area contributed by atoms with Crippen molar-refractivity contribution in [3.8, 4) is 5.75 Å². The summed E-state index contributed by atoms with van der Waals surface area (Å²) in [6.45, 7) is 5.94. The third-order valence-corrected chi connectivity index (χ3v) is 6.18. The fourth-order valence-electron chi connectivity index (χ4n) is 3.66. The second kappa shape index (κ2) is 8.99. The summed E-state index contributed by atoms with van der Waals surface area (Å²) >= 11 is 1.45. The summed E-state index contributed by atoms with van der Waals surface area (Å²) < 4.78 is 10.8. The standard InChI is InChI=1S/C22H25N3O4S/c1-15-5-6-17(28-2)16(14-15)23-20-19(18-4-3-13-30-18)21(26)25(22(20)27)8-7-24-9-11-29-12-10-24/h3-6,13-14,23H,7-12H2,1-2H3. The van der Waals surface area contributed by atoms with Crippen molar-refractivity contribution in [1.82, 2.24) is 9.80 Å². The van der Waals surface area contributed by atoms with E-state index in [0.717, 1.165) is 23.5 Å². The minimum absolute atomic E-state index is 0.259. The predicted molar refractivity (Wildman–Crippen MR) is 117 cm³/mol. The molecule has 30 heavy (non-hydrogen) atoms. The highest BCUT2D eigenvalue weighted by Crippen LogP contribution is 2.35. The molecular weight excluding hydrogens is 402 g/mol. The molecule has 1 saturated heterocycles. The van der Waals surface area contributed by atoms with Crippen LogP contribution in [0, 0.1) is 6.92 Å². The number of morpholine rings is 1. The van der Waals surface area contributed by atoms with Gasteiger partial charge in [0.25, 0.3) is 11.8 Å². The van der Waals surface area contributed by atoms with Crippen LogP contribution in [0.1, 0.15) is 10.4 Å². The maximum Gasteiger partial charge on any atom is 0.278 e. The molecule has 0 unspecified atom stereocenters. The number of amides is 2. The van der Waals surface area contributed by atoms with Crippen LogP contribution in [0.25, 0.3) is 5.57 Å². The molecule has 8 heteroatoms. The van der Waals surface area contributed by atoms with Crippen molar-refractivity contribution in [2.45, 2.75) is 6.92 Å². The van der Waals surface area contributed by atoms with Crippen LogP contribution >= 0.6 is 11.3 Å². The molecule has 1 N–H and O–H groups in total. The highest BCUT2D eigenvalue weighted by atomic mass is 32.1. The Kier molecular flexibility index (Phi) is 6.17. The number of ether oxygens (including phenoxy) is 2. The summed E-state index contributed by atoms with van der Waals surface area (Å²) in [6, 6.07) is 9.44. The number of benzene rings is 1. The van der Waals surface area contributed by atoms with Crippen LogP contribution in [0.4, 0.5) is 5.69 Å². The molecule has 158 valence electrons. The average molecular weight is 428 g/mol. The first-order valence-electron chi connectivity index (χ1n) is 9.94. The van der Waals surface area contributed by atoms with E-state index in [0.29, 0.717) is 49.0 Å². The number of thiophene rings is 1. The molecular formula is C22H25N3O4S. The SMILES string of the molecule is COc1ccc(C)cc1NC1=C(c2cccs2)C(=O)N(CCN2CCOCC2)C1=O. The zero-order valence-electron chi connectivity index (χ0n) is 17.1. The molecule has 0 saturated carbocycles. The maximum atomic E-state index is 13.3. The average Bonchev–Trinajstić information content (AvgIpc) is 3.35. The van der Waals surface area contributed by atoms with E-state index in [1.165, 1.54) is 16.2 Å². The van der Waals surface area contributed by atoms with Gasteiger partial charge >= 0.3 is 0 Å². The maximum absolute atomic E-state index is 13.3. The minimum Gasteiger partial charge on any atom is -0.495 e. The number of rotatable bonds is 7. The first kappa shape index (κ1) is 20.6. The molecule has 7 nitrogen and oxygen atoms in total. The molecule has 4 rings (SSSR count). The number of nitrogens with zero attached hydrogens (tertiary/aromatic N) is 2. The topological polar surface area (TPSA) is 71.1 Å². The molecule has 0 aliphatic carbocycles. The number of hydrogen-bond acceptors (Lipinski definition) is 7. The lowest BCUT2D eigenvalue weighted by Gasteiger charge is -2.28. The second-order valence-corrected chi connectivity index (χ2v) is 8.22. The van der Waals surface area contributed by atoms with Gasteiger partial charge in [-0.25, -0.2) is 0 Å². The lowest BCUT2D eigenvalue weighted by atomic mass is 10.1. The summed E-state index contributed by atoms with van der Waals surface area (Å²) in [7, 11) is 1.58. The molecule has 0 spiro atoms. The summed E-state index contributed by atoms with van der Waals surface area (Å²) in [5.41, 5.74) is 2.41. The van der Waals surface area contributed by atoms with Crippen LogP contribution in [-0.2, 0) is 14.3 Å². The van der Waals surface area contributed by atoms with E-state index in [1.54, 1.807) is 7.11 Å². The molecule has 1 fully saturated rings. The van der Waals surface area contributed by atoms with Crippen LogP contribution in [-0.4, -0.2) is 68.1 Å². The van der Waals surface area contributed by atoms with Crippen LogP contribution < -0.4 is 10.1 Å². The smallest absolute Gasteiger partial charge is 0.278 e. The van der Waals surface area contributed by atoms with Crippen molar-refractivity contribution in [3.05, 3.63) is 51.8 Å². The first-order valence-corrected chi connectivity index (χ1v) is 10.8. The van der Waals surface area contributed by atoms with Crippen LogP contribution in [0.5, 0.6) is 5.75 Å². The number of anilines is 1. The fraction of sp³-hybridized carbons (Fsp3) is 0.364. The highest BCUT2D eigenvalue weighted by Gasteiger charge is 2.40. The minimum atomic E-state index is -0.305. The molecule has 2 amide bonds. The Morgan fingerprint density at radius 3 is 2.63 bits per heavy atom. The van der Waals surface area contributed by atoms with Gasteiger partial charge in [-0.3, -0.25) is 19.4 Å². The van der Waals surface area contributed by atoms with E-state index in [4.69, 9.17) is 9.47 Å². The van der Waals surface area contributed by atoms with E-state index in [1.807, 2.05) is 42.6 Å². The van der Waals surface area contributed by atoms with Gasteiger partial charge < -0.3 is 14.8 Å². The van der Waals surface area contributed by atoms with Crippen molar-refractivity contribution >= 4 is 34.4 Å². The number of imide groups is 1. The van der Waals surface area contributed by atoms with Crippen molar-refractivity contribution in [2.24, 2.45) is 0 Å². The van der Waals surface area contributed by atoms with Gasteiger partial charge in [-0.1, -0.05) is 12.1 Å². The van der Waals surface area contributed by atoms with Crippen LogP contribution in [0.15, 0.2) is 41.4 Å². The first-order chi connectivity index (χ1) is 14.6. The Balaban J connectivity index is 1.62. The van der Waals surface area contributed by atoms with Gasteiger partial charge in [-0.05, 0) is 36.1 Å². The Morgan fingerprint density at radius 1 is 1.13 bits per heavy atom. The van der Waals surface area contributed by atoms with Crippen molar-refractivity contribution < 1.29 is 19.1 Å². The molecule has 0 atom stereocenters. The predicted octanol–water partition coefficient (Wildman–Crippen LogP) is 2.59. The summed E-state index contributed by atoms with van der Waals surface area (Å²) in [6.07, 6.45) is 0. The number of carbonyl (C=O) groups is 2. The van der Waals surface area contributed by atoms with Crippen LogP contribution in [0.3, 0.4) is 0 Å². The number of nitrogens with one attached hydrogen (secondary N) is 1. The van der Waals surface area contributed by atoms with Gasteiger partial charge in [0.1, 0.15) is 11.4 Å². The Morgan fingerprint density at radius 2 is 1.93 bits per heavy atom. The van der Waals surface area contributed by atoms with E-state index in [9.17, 15) is 9.59 Å². The third-order valence-electron chi connectivity index (χ3n) is 5.29. The van der Waals surface area contributed by atoms with E-state index in [-0.39, 0.29) is 11.8 Å². The monoisotopic (exact) mass is 427 g/mol. The van der Waals surface area contributed by atoms with Gasteiger partial charge in [-0.15, -0.1) is 11.3 Å². The molecule has 0 radical (unpaired) electrons. The largest absolute Gasteiger partial charge is 0.495 e. The molecule has 1 aromatic carbocycles. The highest BCUT2D eigenvalue weighted by molar-refractivity contribution is 7.11. The lowest BCUT2D eigenvalue weighted by Crippen LogP contribution is -2.43. The molecule has 3 heterocycles. The van der Waals surface area contributed by atoms with Crippen LogP contribution in [0.2, 0.25) is 0 Å². The number of aryl methyl sites for hydroxylation is 1. The zero-order valence-corrected chi connectivity index (χ0v) is 18.0. The van der Waals surface area contributed by atoms with Crippen molar-refractivity contribution in [2.75, 3.05) is 51.8 Å². The Hall–Kier alpha value is -2.68. The van der Waals surface area contributed by atoms with Gasteiger partial charge in [0, 0.05) is 31.1 Å². The Labute approximate surface area is 179 Å². The van der Waals surface area contributed by atoms with Gasteiger partial charge in [-0.2, -0.15) is 0 Å².